The second kappa shape index (κ2) is 4.76. The number of hydrogen-bond donors (Lipinski definition) is 1. The van der Waals surface area contributed by atoms with E-state index in [1.807, 2.05) is 16.8 Å². The van der Waals surface area contributed by atoms with Gasteiger partial charge in [0.25, 0.3) is 0 Å². The predicted molar refractivity (Wildman–Crippen MR) is 78.9 cm³/mol. The molecule has 18 heavy (non-hydrogen) atoms. The van der Waals surface area contributed by atoms with E-state index in [1.54, 1.807) is 0 Å². The van der Waals surface area contributed by atoms with E-state index in [0.717, 1.165) is 24.1 Å². The molecule has 1 aromatic heterocycles. The average molecular weight is 302 g/mol. The second-order valence-electron chi connectivity index (χ2n) is 4.54. The standard InChI is InChI=1S/C12H13Cl2N3S/c13-8-6-10-11(7-9(8)14)17(12(18)15-10)16-4-2-1-3-5-16/h6-7H,1-5H2,(H,15,18). The first-order chi connectivity index (χ1) is 8.66. The number of halogens is 2. The molecular formula is C12H13Cl2N3S. The Morgan fingerprint density at radius 2 is 1.72 bits per heavy atom. The number of fused-ring (bicyclic) bond motifs is 1. The first-order valence-electron chi connectivity index (χ1n) is 6.02. The number of hydrogen-bond acceptors (Lipinski definition) is 2. The molecule has 96 valence electrons. The van der Waals surface area contributed by atoms with Gasteiger partial charge in [-0.3, -0.25) is 0 Å². The van der Waals surface area contributed by atoms with Crippen molar-refractivity contribution in [2.24, 2.45) is 0 Å². The average Bonchev–Trinajstić information content (AvgIpc) is 2.66. The molecule has 0 amide bonds. The number of piperidine rings is 1. The maximum atomic E-state index is 6.10. The van der Waals surface area contributed by atoms with Gasteiger partial charge < -0.3 is 9.99 Å². The summed E-state index contributed by atoms with van der Waals surface area (Å²) in [5.41, 5.74) is 1.93. The quantitative estimate of drug-likeness (QED) is 0.801. The van der Waals surface area contributed by atoms with Gasteiger partial charge in [0.05, 0.1) is 21.1 Å². The van der Waals surface area contributed by atoms with Crippen molar-refractivity contribution in [2.45, 2.75) is 19.3 Å². The summed E-state index contributed by atoms with van der Waals surface area (Å²) in [5, 5.41) is 3.38. The van der Waals surface area contributed by atoms with E-state index in [4.69, 9.17) is 35.4 Å². The highest BCUT2D eigenvalue weighted by molar-refractivity contribution is 7.71. The van der Waals surface area contributed by atoms with E-state index in [-0.39, 0.29) is 0 Å². The molecule has 1 fully saturated rings. The lowest BCUT2D eigenvalue weighted by Gasteiger charge is -2.29. The van der Waals surface area contributed by atoms with Gasteiger partial charge in [-0.2, -0.15) is 0 Å². The zero-order valence-corrected chi connectivity index (χ0v) is 12.1. The van der Waals surface area contributed by atoms with E-state index in [0.29, 0.717) is 14.8 Å². The normalized spacial score (nSPS) is 16.4. The highest BCUT2D eigenvalue weighted by Crippen LogP contribution is 2.28. The lowest BCUT2D eigenvalue weighted by Crippen LogP contribution is -2.39. The van der Waals surface area contributed by atoms with Crippen LogP contribution < -0.4 is 5.01 Å². The van der Waals surface area contributed by atoms with E-state index in [2.05, 4.69) is 9.99 Å². The number of nitrogens with one attached hydrogen (secondary N) is 1. The summed E-state index contributed by atoms with van der Waals surface area (Å²) in [5.74, 6) is 0. The lowest BCUT2D eigenvalue weighted by molar-refractivity contribution is 0.483. The SMILES string of the molecule is S=c1[nH]c2cc(Cl)c(Cl)cc2n1N1CCCCC1. The van der Waals surface area contributed by atoms with Crippen LogP contribution in [0.5, 0.6) is 0 Å². The maximum absolute atomic E-state index is 6.10. The Labute approximate surface area is 120 Å². The van der Waals surface area contributed by atoms with Gasteiger partial charge >= 0.3 is 0 Å². The minimum atomic E-state index is 0.547. The highest BCUT2D eigenvalue weighted by atomic mass is 35.5. The molecular weight excluding hydrogens is 289 g/mol. The number of rotatable bonds is 1. The van der Waals surface area contributed by atoms with Crippen LogP contribution in [-0.2, 0) is 0 Å². The smallest absolute Gasteiger partial charge is 0.197 e. The first-order valence-corrected chi connectivity index (χ1v) is 7.18. The molecule has 0 radical (unpaired) electrons. The molecule has 0 saturated carbocycles. The molecule has 0 atom stereocenters. The molecule has 0 bridgehead atoms. The third-order valence-corrected chi connectivity index (χ3v) is 4.31. The topological polar surface area (TPSA) is 24.0 Å². The molecule has 0 spiro atoms. The van der Waals surface area contributed by atoms with Crippen molar-refractivity contribution in [2.75, 3.05) is 18.1 Å². The van der Waals surface area contributed by atoms with Crippen molar-refractivity contribution < 1.29 is 0 Å². The van der Waals surface area contributed by atoms with E-state index >= 15 is 0 Å². The summed E-state index contributed by atoms with van der Waals surface area (Å²) >= 11 is 17.5. The number of nitrogens with zero attached hydrogens (tertiary/aromatic N) is 2. The number of aromatic nitrogens is 2. The van der Waals surface area contributed by atoms with Crippen LogP contribution in [0.2, 0.25) is 10.0 Å². The van der Waals surface area contributed by atoms with Crippen molar-refractivity contribution in [1.29, 1.82) is 0 Å². The molecule has 2 heterocycles. The van der Waals surface area contributed by atoms with Gasteiger partial charge in [0.15, 0.2) is 4.77 Å². The molecule has 3 nitrogen and oxygen atoms in total. The Hall–Kier alpha value is -0.710. The van der Waals surface area contributed by atoms with Crippen molar-refractivity contribution in [3.8, 4) is 0 Å². The van der Waals surface area contributed by atoms with E-state index in [1.165, 1.54) is 19.3 Å². The summed E-state index contributed by atoms with van der Waals surface area (Å²) in [7, 11) is 0. The summed E-state index contributed by atoms with van der Waals surface area (Å²) in [6, 6.07) is 3.70. The minimum Gasteiger partial charge on any atom is -0.329 e. The molecule has 0 unspecified atom stereocenters. The van der Waals surface area contributed by atoms with Crippen LogP contribution in [0.4, 0.5) is 0 Å². The van der Waals surface area contributed by atoms with Crippen LogP contribution in [0.25, 0.3) is 11.0 Å². The summed E-state index contributed by atoms with van der Waals surface area (Å²) in [4.78, 5) is 3.19. The van der Waals surface area contributed by atoms with Crippen LogP contribution in [0.1, 0.15) is 19.3 Å². The molecule has 1 saturated heterocycles. The zero-order valence-electron chi connectivity index (χ0n) is 9.75. The largest absolute Gasteiger partial charge is 0.329 e. The number of benzene rings is 1. The number of imidazole rings is 1. The second-order valence-corrected chi connectivity index (χ2v) is 5.74. The molecule has 1 aliphatic rings. The third kappa shape index (κ3) is 2.02. The number of aromatic amines is 1. The molecule has 0 aliphatic carbocycles. The molecule has 1 aliphatic heterocycles. The van der Waals surface area contributed by atoms with Gasteiger partial charge in [-0.05, 0) is 43.6 Å². The Kier molecular flexibility index (Phi) is 3.26. The molecule has 1 N–H and O–H groups in total. The minimum absolute atomic E-state index is 0.547. The van der Waals surface area contributed by atoms with Gasteiger partial charge in [0.1, 0.15) is 0 Å². The Balaban J connectivity index is 2.18. The van der Waals surface area contributed by atoms with E-state index in [9.17, 15) is 0 Å². The van der Waals surface area contributed by atoms with Gasteiger partial charge in [0, 0.05) is 13.1 Å². The molecule has 2 aromatic rings. The van der Waals surface area contributed by atoms with Gasteiger partial charge in [-0.1, -0.05) is 23.2 Å². The monoisotopic (exact) mass is 301 g/mol. The molecule has 3 rings (SSSR count). The van der Waals surface area contributed by atoms with Crippen LogP contribution in [0, 0.1) is 4.77 Å². The fourth-order valence-electron chi connectivity index (χ4n) is 2.45. The van der Waals surface area contributed by atoms with Gasteiger partial charge in [0.2, 0.25) is 0 Å². The Morgan fingerprint density at radius 3 is 2.44 bits per heavy atom. The van der Waals surface area contributed by atoms with Crippen LogP contribution in [0.3, 0.4) is 0 Å². The van der Waals surface area contributed by atoms with Gasteiger partial charge in [-0.25, -0.2) is 4.68 Å². The van der Waals surface area contributed by atoms with Crippen LogP contribution in [0.15, 0.2) is 12.1 Å². The fourth-order valence-corrected chi connectivity index (χ4v) is 3.09. The zero-order chi connectivity index (χ0) is 12.7. The Morgan fingerprint density at radius 1 is 1.06 bits per heavy atom. The molecule has 6 heteroatoms. The predicted octanol–water partition coefficient (Wildman–Crippen LogP) is 4.13. The van der Waals surface area contributed by atoms with Gasteiger partial charge in [-0.15, -0.1) is 0 Å². The summed E-state index contributed by atoms with van der Waals surface area (Å²) in [6.45, 7) is 2.06. The van der Waals surface area contributed by atoms with Crippen LogP contribution >= 0.6 is 35.4 Å². The van der Waals surface area contributed by atoms with Crippen molar-refractivity contribution >= 4 is 46.5 Å². The number of H-pyrrole nitrogens is 1. The van der Waals surface area contributed by atoms with Crippen molar-refractivity contribution in [3.63, 3.8) is 0 Å². The first kappa shape index (κ1) is 12.3. The maximum Gasteiger partial charge on any atom is 0.197 e. The van der Waals surface area contributed by atoms with Crippen molar-refractivity contribution in [1.82, 2.24) is 9.66 Å². The molecule has 1 aromatic carbocycles. The van der Waals surface area contributed by atoms with E-state index < -0.39 is 0 Å². The summed E-state index contributed by atoms with van der Waals surface area (Å²) < 4.78 is 2.75. The lowest BCUT2D eigenvalue weighted by atomic mass is 10.2. The summed E-state index contributed by atoms with van der Waals surface area (Å²) in [6.07, 6.45) is 3.70. The fraction of sp³-hybridized carbons (Fsp3) is 0.417. The van der Waals surface area contributed by atoms with Crippen LogP contribution in [-0.4, -0.2) is 22.7 Å². The highest BCUT2D eigenvalue weighted by Gasteiger charge is 2.15. The third-order valence-electron chi connectivity index (χ3n) is 3.32. The van der Waals surface area contributed by atoms with Crippen molar-refractivity contribution in [3.05, 3.63) is 26.9 Å². The Bertz CT molecular complexity index is 641.